The Morgan fingerprint density at radius 2 is 1.96 bits per heavy atom. The van der Waals surface area contributed by atoms with Gasteiger partial charge in [-0.15, -0.1) is 0 Å². The average molecular weight is 338 g/mol. The summed E-state index contributed by atoms with van der Waals surface area (Å²) in [5.74, 6) is -1.02. The van der Waals surface area contributed by atoms with Gasteiger partial charge in [-0.05, 0) is 24.3 Å². The third kappa shape index (κ3) is 3.99. The van der Waals surface area contributed by atoms with Crippen molar-refractivity contribution >= 4 is 17.7 Å². The normalized spacial score (nSPS) is 10.2. The summed E-state index contributed by atoms with van der Waals surface area (Å²) in [6.45, 7) is -0.480. The van der Waals surface area contributed by atoms with Crippen LogP contribution in [-0.4, -0.2) is 33.2 Å². The summed E-state index contributed by atoms with van der Waals surface area (Å²) in [6.07, 6.45) is 2.87. The molecular weight excluding hydrogens is 324 g/mol. The molecule has 0 unspecified atom stereocenters. The quantitative estimate of drug-likeness (QED) is 0.683. The minimum atomic E-state index is -0.654. The third-order valence-corrected chi connectivity index (χ3v) is 3.24. The first-order valence-corrected chi connectivity index (χ1v) is 7.38. The van der Waals surface area contributed by atoms with Gasteiger partial charge in [-0.1, -0.05) is 18.2 Å². The second-order valence-corrected chi connectivity index (χ2v) is 5.05. The van der Waals surface area contributed by atoms with Crippen molar-refractivity contribution in [2.75, 3.05) is 11.9 Å². The van der Waals surface area contributed by atoms with Crippen LogP contribution in [0.5, 0.6) is 0 Å². The molecule has 0 aliphatic carbocycles. The van der Waals surface area contributed by atoms with Gasteiger partial charge < -0.3 is 10.1 Å². The van der Waals surface area contributed by atoms with Gasteiger partial charge in [-0.25, -0.2) is 9.48 Å². The predicted molar refractivity (Wildman–Crippen MR) is 89.5 cm³/mol. The van der Waals surface area contributed by atoms with Crippen molar-refractivity contribution in [3.05, 3.63) is 76.8 Å². The van der Waals surface area contributed by atoms with Crippen molar-refractivity contribution in [1.82, 2.24) is 14.8 Å². The number of nitrogens with zero attached hydrogens (tertiary/aromatic N) is 2. The Labute approximate surface area is 142 Å². The lowest BCUT2D eigenvalue weighted by molar-refractivity contribution is -0.119. The maximum Gasteiger partial charge on any atom is 0.340 e. The number of esters is 1. The van der Waals surface area contributed by atoms with E-state index in [1.165, 1.54) is 29.2 Å². The number of rotatable bonds is 5. The van der Waals surface area contributed by atoms with Gasteiger partial charge in [0.25, 0.3) is 11.5 Å². The van der Waals surface area contributed by atoms with Gasteiger partial charge in [0.2, 0.25) is 0 Å². The number of H-pyrrole nitrogens is 1. The molecule has 8 nitrogen and oxygen atoms in total. The highest BCUT2D eigenvalue weighted by atomic mass is 16.5. The summed E-state index contributed by atoms with van der Waals surface area (Å²) >= 11 is 0. The van der Waals surface area contributed by atoms with E-state index in [1.807, 2.05) is 6.07 Å². The first kappa shape index (κ1) is 16.2. The molecule has 8 heteroatoms. The molecule has 0 atom stereocenters. The molecule has 25 heavy (non-hydrogen) atoms. The van der Waals surface area contributed by atoms with Crippen LogP contribution in [0, 0.1) is 0 Å². The minimum absolute atomic E-state index is 0.205. The van der Waals surface area contributed by atoms with Gasteiger partial charge >= 0.3 is 5.97 Å². The van der Waals surface area contributed by atoms with Crippen molar-refractivity contribution in [3.8, 4) is 5.69 Å². The van der Waals surface area contributed by atoms with Crippen LogP contribution in [-0.2, 0) is 9.53 Å². The summed E-state index contributed by atoms with van der Waals surface area (Å²) in [7, 11) is 0. The number of hydrogen-bond acceptors (Lipinski definition) is 5. The summed E-state index contributed by atoms with van der Waals surface area (Å²) in [6, 6.07) is 13.3. The molecule has 2 heterocycles. The number of pyridine rings is 1. The number of para-hydroxylation sites is 1. The number of benzene rings is 1. The molecule has 1 amide bonds. The summed E-state index contributed by atoms with van der Waals surface area (Å²) in [5, 5.41) is 5.24. The fourth-order valence-electron chi connectivity index (χ4n) is 2.11. The van der Waals surface area contributed by atoms with Crippen molar-refractivity contribution < 1.29 is 14.3 Å². The molecule has 3 aromatic rings. The van der Waals surface area contributed by atoms with Crippen LogP contribution in [0.4, 0.5) is 5.82 Å². The molecule has 0 radical (unpaired) electrons. The average Bonchev–Trinajstić information content (AvgIpc) is 3.01. The lowest BCUT2D eigenvalue weighted by Gasteiger charge is -2.05. The summed E-state index contributed by atoms with van der Waals surface area (Å²) < 4.78 is 6.18. The largest absolute Gasteiger partial charge is 0.452 e. The van der Waals surface area contributed by atoms with E-state index in [1.54, 1.807) is 30.3 Å². The van der Waals surface area contributed by atoms with Crippen molar-refractivity contribution in [3.63, 3.8) is 0 Å². The lowest BCUT2D eigenvalue weighted by Crippen LogP contribution is -2.21. The Bertz CT molecular complexity index is 932. The highest BCUT2D eigenvalue weighted by Gasteiger charge is 2.12. The SMILES string of the molecule is O=C(COC(=O)c1cccnc1)Nc1cc(=O)n(-c2ccccc2)[nH]1. The van der Waals surface area contributed by atoms with Crippen LogP contribution in [0.3, 0.4) is 0 Å². The van der Waals surface area contributed by atoms with E-state index in [9.17, 15) is 14.4 Å². The van der Waals surface area contributed by atoms with E-state index in [0.29, 0.717) is 5.69 Å². The molecule has 0 fully saturated rings. The number of hydrogen-bond donors (Lipinski definition) is 2. The molecule has 3 rings (SSSR count). The predicted octanol–water partition coefficient (Wildman–Crippen LogP) is 1.36. The highest BCUT2D eigenvalue weighted by Crippen LogP contribution is 2.06. The Kier molecular flexibility index (Phi) is 4.70. The Hall–Kier alpha value is -3.68. The van der Waals surface area contributed by atoms with E-state index >= 15 is 0 Å². The smallest absolute Gasteiger partial charge is 0.340 e. The zero-order valence-electron chi connectivity index (χ0n) is 13.0. The van der Waals surface area contributed by atoms with E-state index in [2.05, 4.69) is 15.4 Å². The van der Waals surface area contributed by atoms with Gasteiger partial charge in [0.05, 0.1) is 11.3 Å². The maximum atomic E-state index is 12.0. The molecule has 0 aliphatic heterocycles. The van der Waals surface area contributed by atoms with Gasteiger partial charge in [0, 0.05) is 18.5 Å². The fourth-order valence-corrected chi connectivity index (χ4v) is 2.11. The number of amides is 1. The number of nitrogens with one attached hydrogen (secondary N) is 2. The molecule has 0 spiro atoms. The molecule has 0 saturated heterocycles. The van der Waals surface area contributed by atoms with E-state index in [0.717, 1.165) is 0 Å². The Balaban J connectivity index is 1.60. The second kappa shape index (κ2) is 7.26. The van der Waals surface area contributed by atoms with E-state index < -0.39 is 18.5 Å². The van der Waals surface area contributed by atoms with Gasteiger partial charge in [0.15, 0.2) is 6.61 Å². The second-order valence-electron chi connectivity index (χ2n) is 5.05. The zero-order chi connectivity index (χ0) is 17.6. The fraction of sp³-hybridized carbons (Fsp3) is 0.0588. The van der Waals surface area contributed by atoms with Gasteiger partial charge in [-0.3, -0.25) is 19.7 Å². The first-order chi connectivity index (χ1) is 12.1. The Morgan fingerprint density at radius 3 is 2.68 bits per heavy atom. The molecule has 126 valence electrons. The topological polar surface area (TPSA) is 106 Å². The van der Waals surface area contributed by atoms with E-state index in [-0.39, 0.29) is 16.9 Å². The standard InChI is InChI=1S/C17H14N4O4/c22-15(11-25-17(24)12-5-4-8-18-10-12)19-14-9-16(23)21(20-14)13-6-2-1-3-7-13/h1-10,20H,11H2,(H,19,22). The molecule has 1 aromatic carbocycles. The van der Waals surface area contributed by atoms with Crippen molar-refractivity contribution in [1.29, 1.82) is 0 Å². The molecule has 2 N–H and O–H groups in total. The number of aromatic amines is 1. The number of aromatic nitrogens is 3. The number of carbonyl (C=O) groups is 2. The molecule has 0 saturated carbocycles. The highest BCUT2D eigenvalue weighted by molar-refractivity contribution is 5.94. The Morgan fingerprint density at radius 1 is 1.16 bits per heavy atom. The lowest BCUT2D eigenvalue weighted by atomic mass is 10.3. The number of carbonyl (C=O) groups excluding carboxylic acids is 2. The van der Waals surface area contributed by atoms with Crippen LogP contribution >= 0.6 is 0 Å². The van der Waals surface area contributed by atoms with Crippen LogP contribution < -0.4 is 10.9 Å². The third-order valence-electron chi connectivity index (χ3n) is 3.24. The monoisotopic (exact) mass is 338 g/mol. The minimum Gasteiger partial charge on any atom is -0.452 e. The molecule has 0 bridgehead atoms. The van der Waals surface area contributed by atoms with Crippen molar-refractivity contribution in [2.24, 2.45) is 0 Å². The van der Waals surface area contributed by atoms with Crippen LogP contribution in [0.2, 0.25) is 0 Å². The maximum absolute atomic E-state index is 12.0. The summed E-state index contributed by atoms with van der Waals surface area (Å²) in [5.41, 5.74) is 0.559. The van der Waals surface area contributed by atoms with Gasteiger partial charge in [-0.2, -0.15) is 0 Å². The molecule has 0 aliphatic rings. The summed E-state index contributed by atoms with van der Waals surface area (Å²) in [4.78, 5) is 39.4. The van der Waals surface area contributed by atoms with E-state index in [4.69, 9.17) is 4.74 Å². The zero-order valence-corrected chi connectivity index (χ0v) is 13.0. The first-order valence-electron chi connectivity index (χ1n) is 7.38. The number of anilines is 1. The van der Waals surface area contributed by atoms with Crippen LogP contribution in [0.15, 0.2) is 65.7 Å². The molecular formula is C17H14N4O4. The van der Waals surface area contributed by atoms with Crippen LogP contribution in [0.1, 0.15) is 10.4 Å². The molecule has 2 aromatic heterocycles. The van der Waals surface area contributed by atoms with Crippen molar-refractivity contribution in [2.45, 2.75) is 0 Å². The number of ether oxygens (including phenoxy) is 1. The van der Waals surface area contributed by atoms with Crippen LogP contribution in [0.25, 0.3) is 5.69 Å². The van der Waals surface area contributed by atoms with Gasteiger partial charge in [0.1, 0.15) is 5.82 Å².